The molecule has 0 unspecified atom stereocenters. The summed E-state index contributed by atoms with van der Waals surface area (Å²) in [6.07, 6.45) is 3.45. The van der Waals surface area contributed by atoms with Gasteiger partial charge in [0.2, 0.25) is 5.13 Å². The molecule has 1 aromatic carbocycles. The first-order valence-electron chi connectivity index (χ1n) is 6.41. The zero-order valence-electron chi connectivity index (χ0n) is 11.5. The molecule has 5 nitrogen and oxygen atoms in total. The van der Waals surface area contributed by atoms with Crippen LogP contribution >= 0.6 is 11.3 Å². The lowest BCUT2D eigenvalue weighted by molar-refractivity contribution is 0.288. The van der Waals surface area contributed by atoms with E-state index in [4.69, 9.17) is 9.47 Å². The van der Waals surface area contributed by atoms with Crippen LogP contribution in [0.2, 0.25) is 0 Å². The Morgan fingerprint density at radius 3 is 2.75 bits per heavy atom. The molecule has 2 aromatic rings. The molecule has 0 radical (unpaired) electrons. The van der Waals surface area contributed by atoms with Gasteiger partial charge >= 0.3 is 0 Å². The molecule has 0 aliphatic rings. The van der Waals surface area contributed by atoms with Gasteiger partial charge in [-0.25, -0.2) is 4.98 Å². The molecule has 0 fully saturated rings. The maximum Gasteiger partial charge on any atom is 0.203 e. The van der Waals surface area contributed by atoms with Crippen LogP contribution in [0.25, 0.3) is 0 Å². The molecule has 0 aliphatic carbocycles. The number of aromatic nitrogens is 1. The van der Waals surface area contributed by atoms with Gasteiger partial charge in [0.15, 0.2) is 11.5 Å². The van der Waals surface area contributed by atoms with Crippen molar-refractivity contribution >= 4 is 22.7 Å². The summed E-state index contributed by atoms with van der Waals surface area (Å²) in [5.41, 5.74) is 3.80. The van der Waals surface area contributed by atoms with E-state index in [9.17, 15) is 0 Å². The summed E-state index contributed by atoms with van der Waals surface area (Å²) >= 11 is 1.50. The van der Waals surface area contributed by atoms with E-state index < -0.39 is 0 Å². The van der Waals surface area contributed by atoms with Gasteiger partial charge in [0.05, 0.1) is 19.4 Å². The quantitative estimate of drug-likeness (QED) is 0.627. The maximum absolute atomic E-state index is 5.57. The highest BCUT2D eigenvalue weighted by molar-refractivity contribution is 7.13. The zero-order valence-corrected chi connectivity index (χ0v) is 12.3. The number of anilines is 1. The Kier molecular flexibility index (Phi) is 5.37. The molecule has 0 bridgehead atoms. The molecule has 0 spiro atoms. The van der Waals surface area contributed by atoms with Gasteiger partial charge in [0.25, 0.3) is 0 Å². The molecule has 1 aromatic heterocycles. The van der Waals surface area contributed by atoms with Gasteiger partial charge in [-0.2, -0.15) is 5.10 Å². The van der Waals surface area contributed by atoms with Crippen molar-refractivity contribution in [3.63, 3.8) is 0 Å². The zero-order chi connectivity index (χ0) is 14.2. The molecule has 20 heavy (non-hydrogen) atoms. The summed E-state index contributed by atoms with van der Waals surface area (Å²) in [6.45, 7) is 5.10. The predicted octanol–water partition coefficient (Wildman–Crippen LogP) is 3.39. The largest absolute Gasteiger partial charge is 0.490 e. The monoisotopic (exact) mass is 291 g/mol. The lowest BCUT2D eigenvalue weighted by Crippen LogP contribution is -1.99. The highest BCUT2D eigenvalue weighted by atomic mass is 32.1. The summed E-state index contributed by atoms with van der Waals surface area (Å²) < 4.78 is 11.1. The van der Waals surface area contributed by atoms with Crippen LogP contribution in [0.15, 0.2) is 34.9 Å². The van der Waals surface area contributed by atoms with Gasteiger partial charge in [-0.05, 0) is 37.6 Å². The van der Waals surface area contributed by atoms with Crippen molar-refractivity contribution in [3.05, 3.63) is 35.3 Å². The van der Waals surface area contributed by atoms with E-state index in [-0.39, 0.29) is 0 Å². The molecular formula is C14H17N3O2S. The number of nitrogens with zero attached hydrogens (tertiary/aromatic N) is 2. The SMILES string of the molecule is CCOc1ccc(/C=N/Nc2nccs2)cc1OCC. The maximum atomic E-state index is 5.57. The van der Waals surface area contributed by atoms with Crippen LogP contribution in [0.5, 0.6) is 11.5 Å². The van der Waals surface area contributed by atoms with Gasteiger partial charge in [-0.3, -0.25) is 5.43 Å². The number of hydrogen-bond acceptors (Lipinski definition) is 6. The molecule has 1 heterocycles. The molecule has 0 saturated heterocycles. The Labute approximate surface area is 122 Å². The van der Waals surface area contributed by atoms with Crippen molar-refractivity contribution in [1.82, 2.24) is 4.98 Å². The lowest BCUT2D eigenvalue weighted by Gasteiger charge is -2.11. The van der Waals surface area contributed by atoms with E-state index in [1.807, 2.05) is 37.4 Å². The summed E-state index contributed by atoms with van der Waals surface area (Å²) in [5, 5.41) is 6.79. The Hall–Kier alpha value is -2.08. The summed E-state index contributed by atoms with van der Waals surface area (Å²) in [5.74, 6) is 1.48. The number of rotatable bonds is 7. The Bertz CT molecular complexity index is 556. The van der Waals surface area contributed by atoms with Crippen molar-refractivity contribution in [2.45, 2.75) is 13.8 Å². The van der Waals surface area contributed by atoms with Gasteiger partial charge in [-0.15, -0.1) is 11.3 Å². The molecule has 6 heteroatoms. The fourth-order valence-corrected chi connectivity index (χ4v) is 2.07. The van der Waals surface area contributed by atoms with E-state index in [0.29, 0.717) is 13.2 Å². The van der Waals surface area contributed by atoms with Crippen LogP contribution in [-0.4, -0.2) is 24.4 Å². The summed E-state index contributed by atoms with van der Waals surface area (Å²) in [7, 11) is 0. The standard InChI is InChI=1S/C14H17N3O2S/c1-3-18-12-6-5-11(9-13(12)19-4-2)10-16-17-14-15-7-8-20-14/h5-10H,3-4H2,1-2H3,(H,15,17)/b16-10+. The predicted molar refractivity (Wildman–Crippen MR) is 82.1 cm³/mol. The normalized spacial score (nSPS) is 10.7. The van der Waals surface area contributed by atoms with E-state index in [1.165, 1.54) is 11.3 Å². The Balaban J connectivity index is 2.07. The molecule has 0 atom stereocenters. The Morgan fingerprint density at radius 2 is 2.05 bits per heavy atom. The second-order valence-electron chi connectivity index (χ2n) is 3.78. The van der Waals surface area contributed by atoms with Crippen molar-refractivity contribution in [1.29, 1.82) is 0 Å². The average Bonchev–Trinajstić information content (AvgIpc) is 2.95. The van der Waals surface area contributed by atoms with Crippen molar-refractivity contribution in [2.24, 2.45) is 5.10 Å². The molecule has 106 valence electrons. The third-order valence-corrected chi connectivity index (χ3v) is 3.05. The van der Waals surface area contributed by atoms with Crippen LogP contribution in [0.4, 0.5) is 5.13 Å². The number of benzene rings is 1. The summed E-state index contributed by atoms with van der Waals surface area (Å²) in [4.78, 5) is 4.08. The fourth-order valence-electron chi connectivity index (χ4n) is 1.59. The number of hydrazone groups is 1. The molecule has 0 saturated carbocycles. The minimum atomic E-state index is 0.595. The number of thiazole rings is 1. The molecule has 1 N–H and O–H groups in total. The second-order valence-corrected chi connectivity index (χ2v) is 4.67. The first kappa shape index (κ1) is 14.3. The molecular weight excluding hydrogens is 274 g/mol. The van der Waals surface area contributed by atoms with Crippen molar-refractivity contribution < 1.29 is 9.47 Å². The van der Waals surface area contributed by atoms with Crippen LogP contribution < -0.4 is 14.9 Å². The van der Waals surface area contributed by atoms with E-state index in [2.05, 4.69) is 15.5 Å². The average molecular weight is 291 g/mol. The second kappa shape index (κ2) is 7.49. The fraction of sp³-hybridized carbons (Fsp3) is 0.286. The highest BCUT2D eigenvalue weighted by Gasteiger charge is 2.04. The highest BCUT2D eigenvalue weighted by Crippen LogP contribution is 2.28. The van der Waals surface area contributed by atoms with Crippen LogP contribution in [0.1, 0.15) is 19.4 Å². The first-order valence-corrected chi connectivity index (χ1v) is 7.29. The van der Waals surface area contributed by atoms with Gasteiger partial charge < -0.3 is 9.47 Å². The molecule has 0 aliphatic heterocycles. The first-order chi connectivity index (χ1) is 9.83. The molecule has 2 rings (SSSR count). The number of ether oxygens (including phenoxy) is 2. The smallest absolute Gasteiger partial charge is 0.203 e. The lowest BCUT2D eigenvalue weighted by atomic mass is 10.2. The van der Waals surface area contributed by atoms with Crippen molar-refractivity contribution in [3.8, 4) is 11.5 Å². The van der Waals surface area contributed by atoms with Gasteiger partial charge in [-0.1, -0.05) is 0 Å². The summed E-state index contributed by atoms with van der Waals surface area (Å²) in [6, 6.07) is 5.72. The van der Waals surface area contributed by atoms with Gasteiger partial charge in [0.1, 0.15) is 0 Å². The Morgan fingerprint density at radius 1 is 1.25 bits per heavy atom. The van der Waals surface area contributed by atoms with E-state index in [0.717, 1.165) is 22.2 Å². The van der Waals surface area contributed by atoms with Crippen molar-refractivity contribution in [2.75, 3.05) is 18.6 Å². The van der Waals surface area contributed by atoms with Crippen LogP contribution in [0, 0.1) is 0 Å². The topological polar surface area (TPSA) is 55.7 Å². The minimum absolute atomic E-state index is 0.595. The number of nitrogens with one attached hydrogen (secondary N) is 1. The van der Waals surface area contributed by atoms with E-state index in [1.54, 1.807) is 12.4 Å². The number of hydrogen-bond donors (Lipinski definition) is 1. The minimum Gasteiger partial charge on any atom is -0.490 e. The third-order valence-electron chi connectivity index (χ3n) is 2.37. The van der Waals surface area contributed by atoms with Crippen LogP contribution in [0.3, 0.4) is 0 Å². The molecule has 0 amide bonds. The van der Waals surface area contributed by atoms with Gasteiger partial charge in [0, 0.05) is 11.6 Å². The third kappa shape index (κ3) is 3.96. The van der Waals surface area contributed by atoms with Crippen LogP contribution in [-0.2, 0) is 0 Å². The van der Waals surface area contributed by atoms with E-state index >= 15 is 0 Å².